The van der Waals surface area contributed by atoms with Crippen molar-refractivity contribution in [2.45, 2.75) is 19.4 Å². The van der Waals surface area contributed by atoms with Gasteiger partial charge >= 0.3 is 0 Å². The average Bonchev–Trinajstić information content (AvgIpc) is 3.28. The van der Waals surface area contributed by atoms with Crippen molar-refractivity contribution in [2.75, 3.05) is 12.4 Å². The topological polar surface area (TPSA) is 108 Å². The van der Waals surface area contributed by atoms with Crippen LogP contribution in [0.5, 0.6) is 5.75 Å². The summed E-state index contributed by atoms with van der Waals surface area (Å²) in [5, 5.41) is 14.5. The van der Waals surface area contributed by atoms with Gasteiger partial charge in [0.1, 0.15) is 23.4 Å². The number of methoxy groups -OCH3 is 1. The van der Waals surface area contributed by atoms with Gasteiger partial charge in [0.25, 0.3) is 5.69 Å². The van der Waals surface area contributed by atoms with Crippen LogP contribution in [0.1, 0.15) is 30.0 Å². The van der Waals surface area contributed by atoms with Gasteiger partial charge in [-0.2, -0.15) is 0 Å². The Kier molecular flexibility index (Phi) is 6.30. The summed E-state index contributed by atoms with van der Waals surface area (Å²) in [4.78, 5) is 24.4. The number of nitro benzene ring substituents is 1. The number of nitrogens with one attached hydrogen (secondary N) is 1. The lowest BCUT2D eigenvalue weighted by Gasteiger charge is -2.21. The number of nitro groups is 1. The zero-order valence-corrected chi connectivity index (χ0v) is 18.6. The van der Waals surface area contributed by atoms with Gasteiger partial charge in [-0.25, -0.2) is 15.0 Å². The van der Waals surface area contributed by atoms with Crippen molar-refractivity contribution in [3.05, 3.63) is 94.2 Å². The zero-order valence-electron chi connectivity index (χ0n) is 18.6. The third-order valence-electron chi connectivity index (χ3n) is 5.34. The highest BCUT2D eigenvalue weighted by atomic mass is 16.6. The van der Waals surface area contributed by atoms with E-state index in [-0.39, 0.29) is 11.7 Å². The van der Waals surface area contributed by atoms with Gasteiger partial charge in [-0.3, -0.25) is 10.1 Å². The van der Waals surface area contributed by atoms with E-state index in [9.17, 15) is 10.1 Å². The first kappa shape index (κ1) is 21.9. The van der Waals surface area contributed by atoms with Crippen molar-refractivity contribution in [1.29, 1.82) is 0 Å². The molecule has 0 saturated carbocycles. The van der Waals surface area contributed by atoms with Crippen LogP contribution in [-0.2, 0) is 13.5 Å². The Bertz CT molecular complexity index is 1250. The molecule has 4 rings (SSSR count). The molecule has 2 heterocycles. The van der Waals surface area contributed by atoms with Gasteiger partial charge in [0.15, 0.2) is 5.82 Å². The molecule has 0 aliphatic carbocycles. The molecular weight excluding hydrogens is 420 g/mol. The number of rotatable bonds is 8. The summed E-state index contributed by atoms with van der Waals surface area (Å²) >= 11 is 0. The van der Waals surface area contributed by atoms with E-state index in [0.29, 0.717) is 23.6 Å². The smallest absolute Gasteiger partial charge is 0.269 e. The molecule has 4 aromatic rings. The van der Waals surface area contributed by atoms with Gasteiger partial charge in [0.05, 0.1) is 12.0 Å². The fraction of sp³-hybridized carbons (Fsp3) is 0.208. The van der Waals surface area contributed by atoms with Crippen LogP contribution >= 0.6 is 0 Å². The van der Waals surface area contributed by atoms with Gasteiger partial charge in [-0.1, -0.05) is 19.1 Å². The number of aromatic nitrogens is 4. The van der Waals surface area contributed by atoms with E-state index in [4.69, 9.17) is 9.72 Å². The second-order valence-electron chi connectivity index (χ2n) is 7.47. The molecule has 0 saturated heterocycles. The van der Waals surface area contributed by atoms with Crippen molar-refractivity contribution >= 4 is 11.5 Å². The standard InChI is InChI=1S/C24H24N6O3/c1-4-18-15-21(28-23(26-18)17-5-9-19(10-6-17)30(31)32)27-22(24-25-13-14-29(24)2)16-7-11-20(33-3)12-8-16/h5-15,22H,4H2,1-3H3,(H,26,27,28). The molecule has 2 aromatic carbocycles. The van der Waals surface area contributed by atoms with Crippen LogP contribution in [0.2, 0.25) is 0 Å². The molecule has 2 aromatic heterocycles. The highest BCUT2D eigenvalue weighted by Crippen LogP contribution is 2.28. The first-order valence-corrected chi connectivity index (χ1v) is 10.5. The Morgan fingerprint density at radius 2 is 1.85 bits per heavy atom. The van der Waals surface area contributed by atoms with Crippen molar-refractivity contribution in [3.8, 4) is 17.1 Å². The predicted octanol–water partition coefficient (Wildman–Crippen LogP) is 4.56. The fourth-order valence-corrected chi connectivity index (χ4v) is 3.51. The van der Waals surface area contributed by atoms with Crippen LogP contribution in [0.3, 0.4) is 0 Å². The van der Waals surface area contributed by atoms with Crippen molar-refractivity contribution in [3.63, 3.8) is 0 Å². The quantitative estimate of drug-likeness (QED) is 0.313. The summed E-state index contributed by atoms with van der Waals surface area (Å²) in [6.07, 6.45) is 4.37. The predicted molar refractivity (Wildman–Crippen MR) is 125 cm³/mol. The van der Waals surface area contributed by atoms with E-state index >= 15 is 0 Å². The van der Waals surface area contributed by atoms with Crippen molar-refractivity contribution in [2.24, 2.45) is 7.05 Å². The number of aryl methyl sites for hydroxylation is 2. The maximum atomic E-state index is 11.0. The van der Waals surface area contributed by atoms with Gasteiger partial charge in [0.2, 0.25) is 0 Å². The number of imidazole rings is 1. The second kappa shape index (κ2) is 9.47. The van der Waals surface area contributed by atoms with Gasteiger partial charge in [-0.15, -0.1) is 0 Å². The summed E-state index contributed by atoms with van der Waals surface area (Å²) < 4.78 is 7.26. The van der Waals surface area contributed by atoms with Crippen LogP contribution in [0.4, 0.5) is 11.5 Å². The molecule has 33 heavy (non-hydrogen) atoms. The Hall–Kier alpha value is -4.27. The molecule has 0 amide bonds. The minimum absolute atomic E-state index is 0.0260. The normalized spacial score (nSPS) is 11.7. The molecule has 0 bridgehead atoms. The number of benzene rings is 2. The fourth-order valence-electron chi connectivity index (χ4n) is 3.51. The van der Waals surface area contributed by atoms with Crippen molar-refractivity contribution in [1.82, 2.24) is 19.5 Å². The molecule has 1 atom stereocenters. The molecule has 0 radical (unpaired) electrons. The van der Waals surface area contributed by atoms with Crippen LogP contribution in [0.15, 0.2) is 67.0 Å². The highest BCUT2D eigenvalue weighted by Gasteiger charge is 2.20. The molecule has 9 heteroatoms. The van der Waals surface area contributed by atoms with Crippen LogP contribution in [0.25, 0.3) is 11.4 Å². The van der Waals surface area contributed by atoms with E-state index in [0.717, 1.165) is 22.8 Å². The van der Waals surface area contributed by atoms with E-state index in [2.05, 4.69) is 15.3 Å². The molecule has 1 N–H and O–H groups in total. The van der Waals surface area contributed by atoms with E-state index < -0.39 is 4.92 Å². The van der Waals surface area contributed by atoms with Crippen LogP contribution in [0, 0.1) is 10.1 Å². The lowest BCUT2D eigenvalue weighted by Crippen LogP contribution is -2.18. The minimum Gasteiger partial charge on any atom is -0.497 e. The Balaban J connectivity index is 1.73. The van der Waals surface area contributed by atoms with E-state index in [1.807, 2.05) is 55.1 Å². The summed E-state index contributed by atoms with van der Waals surface area (Å²) in [5.74, 6) is 2.74. The summed E-state index contributed by atoms with van der Waals surface area (Å²) in [7, 11) is 3.58. The van der Waals surface area contributed by atoms with Gasteiger partial charge in [0, 0.05) is 48.9 Å². The third-order valence-corrected chi connectivity index (χ3v) is 5.34. The Morgan fingerprint density at radius 3 is 2.42 bits per heavy atom. The first-order valence-electron chi connectivity index (χ1n) is 10.5. The van der Waals surface area contributed by atoms with Crippen LogP contribution < -0.4 is 10.1 Å². The van der Waals surface area contributed by atoms with E-state index in [1.54, 1.807) is 25.4 Å². The molecule has 0 fully saturated rings. The lowest BCUT2D eigenvalue weighted by molar-refractivity contribution is -0.384. The molecule has 9 nitrogen and oxygen atoms in total. The molecule has 168 valence electrons. The Labute approximate surface area is 191 Å². The summed E-state index contributed by atoms with van der Waals surface area (Å²) in [5.41, 5.74) is 2.59. The highest BCUT2D eigenvalue weighted by molar-refractivity contribution is 5.60. The number of non-ortho nitro benzene ring substituents is 1. The van der Waals surface area contributed by atoms with Gasteiger partial charge in [-0.05, 0) is 36.2 Å². The molecule has 0 aliphatic rings. The number of nitrogens with zero attached hydrogens (tertiary/aromatic N) is 5. The number of anilines is 1. The molecule has 0 aliphatic heterocycles. The maximum Gasteiger partial charge on any atom is 0.269 e. The van der Waals surface area contributed by atoms with E-state index in [1.165, 1.54) is 12.1 Å². The van der Waals surface area contributed by atoms with Crippen LogP contribution in [-0.4, -0.2) is 31.6 Å². The SMILES string of the molecule is CCc1cc(NC(c2ccc(OC)cc2)c2nccn2C)nc(-c2ccc([N+](=O)[O-])cc2)n1. The average molecular weight is 444 g/mol. The third kappa shape index (κ3) is 4.82. The maximum absolute atomic E-state index is 11.0. The lowest BCUT2D eigenvalue weighted by atomic mass is 10.1. The number of ether oxygens (including phenoxy) is 1. The first-order chi connectivity index (χ1) is 16.0. The second-order valence-corrected chi connectivity index (χ2v) is 7.47. The minimum atomic E-state index is -0.424. The van der Waals surface area contributed by atoms with Gasteiger partial charge < -0.3 is 14.6 Å². The van der Waals surface area contributed by atoms with Crippen molar-refractivity contribution < 1.29 is 9.66 Å². The number of hydrogen-bond acceptors (Lipinski definition) is 7. The summed E-state index contributed by atoms with van der Waals surface area (Å²) in [6.45, 7) is 2.02. The largest absolute Gasteiger partial charge is 0.497 e. The summed E-state index contributed by atoms with van der Waals surface area (Å²) in [6, 6.07) is 15.7. The zero-order chi connectivity index (χ0) is 23.4. The Morgan fingerprint density at radius 1 is 1.12 bits per heavy atom. The number of hydrogen-bond donors (Lipinski definition) is 1. The monoisotopic (exact) mass is 444 g/mol. The molecular formula is C24H24N6O3. The molecule has 1 unspecified atom stereocenters. The molecule has 0 spiro atoms.